The van der Waals surface area contributed by atoms with E-state index in [2.05, 4.69) is 15.6 Å². The second kappa shape index (κ2) is 10.3. The van der Waals surface area contributed by atoms with Crippen LogP contribution in [0.25, 0.3) is 16.8 Å². The van der Waals surface area contributed by atoms with Crippen LogP contribution in [0, 0.1) is 20.8 Å². The lowest BCUT2D eigenvalue weighted by Gasteiger charge is -2.18. The molecule has 1 N–H and O–H groups in total. The van der Waals surface area contributed by atoms with Crippen molar-refractivity contribution in [3.05, 3.63) is 86.5 Å². The number of hydrogen-bond acceptors (Lipinski definition) is 7. The third-order valence-electron chi connectivity index (χ3n) is 5.75. The fourth-order valence-electron chi connectivity index (χ4n) is 4.04. The Balaban J connectivity index is 1.83. The first-order chi connectivity index (χ1) is 17.5. The van der Waals surface area contributed by atoms with E-state index in [1.54, 1.807) is 38.6 Å². The maximum atomic E-state index is 13.5. The lowest BCUT2D eigenvalue weighted by molar-refractivity contribution is -0.137. The molecule has 194 valence electrons. The van der Waals surface area contributed by atoms with Gasteiger partial charge in [0.1, 0.15) is 11.3 Å². The molecule has 0 radical (unpaired) electrons. The normalized spacial score (nSPS) is 11.6. The summed E-state index contributed by atoms with van der Waals surface area (Å²) in [4.78, 5) is 26.7. The summed E-state index contributed by atoms with van der Waals surface area (Å²) < 4.78 is 51.8. The number of rotatable bonds is 7. The minimum Gasteiger partial charge on any atom is -0.361 e. The molecule has 3 aromatic heterocycles. The number of halogens is 3. The van der Waals surface area contributed by atoms with Crippen molar-refractivity contribution in [2.24, 2.45) is 0 Å². The Morgan fingerprint density at radius 3 is 2.51 bits per heavy atom. The molecule has 0 aliphatic rings. The SMILES string of the molecule is CSCc1cc(CNC(=O)c2cc(-c3c(C)noc3C)c(C)n(-c3cccc(C(F)(F)F)c3)c2=O)on1. The van der Waals surface area contributed by atoms with E-state index < -0.39 is 23.2 Å². The van der Waals surface area contributed by atoms with E-state index in [-0.39, 0.29) is 17.8 Å². The van der Waals surface area contributed by atoms with Crippen molar-refractivity contribution >= 4 is 17.7 Å². The van der Waals surface area contributed by atoms with Crippen LogP contribution in [-0.2, 0) is 18.5 Å². The first kappa shape index (κ1) is 26.3. The van der Waals surface area contributed by atoms with Gasteiger partial charge in [-0.3, -0.25) is 14.2 Å². The van der Waals surface area contributed by atoms with Crippen molar-refractivity contribution in [2.75, 3.05) is 6.26 Å². The van der Waals surface area contributed by atoms with Gasteiger partial charge in [0, 0.05) is 34.3 Å². The molecule has 1 amide bonds. The van der Waals surface area contributed by atoms with Gasteiger partial charge in [0.25, 0.3) is 11.5 Å². The van der Waals surface area contributed by atoms with Gasteiger partial charge in [-0.2, -0.15) is 24.9 Å². The maximum absolute atomic E-state index is 13.5. The fraction of sp³-hybridized carbons (Fsp3) is 0.280. The van der Waals surface area contributed by atoms with Gasteiger partial charge in [-0.25, -0.2) is 0 Å². The third-order valence-corrected chi connectivity index (χ3v) is 6.33. The third kappa shape index (κ3) is 5.33. The number of carbonyl (C=O) groups is 1. The van der Waals surface area contributed by atoms with Crippen LogP contribution in [0.1, 0.15) is 44.5 Å². The molecule has 37 heavy (non-hydrogen) atoms. The van der Waals surface area contributed by atoms with Gasteiger partial charge in [-0.15, -0.1) is 0 Å². The first-order valence-electron chi connectivity index (χ1n) is 11.1. The highest BCUT2D eigenvalue weighted by molar-refractivity contribution is 7.97. The zero-order valence-corrected chi connectivity index (χ0v) is 21.2. The lowest BCUT2D eigenvalue weighted by Crippen LogP contribution is -2.33. The van der Waals surface area contributed by atoms with Gasteiger partial charge in [-0.1, -0.05) is 16.4 Å². The van der Waals surface area contributed by atoms with Gasteiger partial charge in [-0.05, 0) is 51.3 Å². The highest BCUT2D eigenvalue weighted by Crippen LogP contribution is 2.33. The largest absolute Gasteiger partial charge is 0.416 e. The van der Waals surface area contributed by atoms with Gasteiger partial charge < -0.3 is 14.4 Å². The molecule has 0 bridgehead atoms. The van der Waals surface area contributed by atoms with Crippen molar-refractivity contribution in [3.63, 3.8) is 0 Å². The molecule has 4 aromatic rings. The second-order valence-corrected chi connectivity index (χ2v) is 9.21. The minimum absolute atomic E-state index is 0.0300. The number of aromatic nitrogens is 3. The van der Waals surface area contributed by atoms with Crippen molar-refractivity contribution in [2.45, 2.75) is 39.2 Å². The van der Waals surface area contributed by atoms with Crippen molar-refractivity contribution < 1.29 is 27.0 Å². The van der Waals surface area contributed by atoms with Crippen LogP contribution in [0.4, 0.5) is 13.2 Å². The van der Waals surface area contributed by atoms with Crippen molar-refractivity contribution in [1.82, 2.24) is 20.2 Å². The number of thioether (sulfide) groups is 1. The standard InChI is InChI=1S/C25H23F3N4O4S/c1-13-22(15(3)35-30-13)20-10-21(23(33)29-11-19-9-17(12-37-4)31-36-19)24(34)32(14(20)2)18-7-5-6-16(8-18)25(26,27)28/h5-10H,11-12H2,1-4H3,(H,29,33). The van der Waals surface area contributed by atoms with Gasteiger partial charge >= 0.3 is 6.18 Å². The molecule has 8 nitrogen and oxygen atoms in total. The molecule has 4 rings (SSSR count). The molecule has 0 saturated carbocycles. The van der Waals surface area contributed by atoms with Gasteiger partial charge in [0.15, 0.2) is 5.76 Å². The number of nitrogens with one attached hydrogen (secondary N) is 1. The summed E-state index contributed by atoms with van der Waals surface area (Å²) in [5.41, 5.74) is 0.529. The van der Waals surface area contributed by atoms with E-state index in [1.807, 2.05) is 6.26 Å². The van der Waals surface area contributed by atoms with E-state index >= 15 is 0 Å². The van der Waals surface area contributed by atoms with Crippen molar-refractivity contribution in [1.29, 1.82) is 0 Å². The molecular weight excluding hydrogens is 509 g/mol. The fourth-order valence-corrected chi connectivity index (χ4v) is 4.47. The molecule has 0 saturated heterocycles. The number of alkyl halides is 3. The summed E-state index contributed by atoms with van der Waals surface area (Å²) >= 11 is 1.56. The molecule has 0 atom stereocenters. The molecule has 0 aliphatic heterocycles. The van der Waals surface area contributed by atoms with E-state index in [4.69, 9.17) is 9.05 Å². The Morgan fingerprint density at radius 1 is 1.11 bits per heavy atom. The summed E-state index contributed by atoms with van der Waals surface area (Å²) in [7, 11) is 0. The zero-order valence-electron chi connectivity index (χ0n) is 20.4. The van der Waals surface area contributed by atoms with Gasteiger partial charge in [0.2, 0.25) is 0 Å². The predicted molar refractivity (Wildman–Crippen MR) is 132 cm³/mol. The molecule has 12 heteroatoms. The number of nitrogens with zero attached hydrogens (tertiary/aromatic N) is 3. The zero-order chi connectivity index (χ0) is 26.9. The molecule has 1 aromatic carbocycles. The van der Waals surface area contributed by atoms with Crippen LogP contribution in [0.5, 0.6) is 0 Å². The van der Waals surface area contributed by atoms with Crippen LogP contribution in [0.3, 0.4) is 0 Å². The Bertz CT molecular complexity index is 1500. The van der Waals surface area contributed by atoms with Crippen LogP contribution in [0.15, 0.2) is 50.2 Å². The maximum Gasteiger partial charge on any atom is 0.416 e. The second-order valence-electron chi connectivity index (χ2n) is 8.35. The Labute approximate surface area is 213 Å². The summed E-state index contributed by atoms with van der Waals surface area (Å²) in [5, 5.41) is 10.5. The smallest absolute Gasteiger partial charge is 0.361 e. The van der Waals surface area contributed by atoms with Gasteiger partial charge in [0.05, 0.1) is 23.5 Å². The number of benzene rings is 1. The summed E-state index contributed by atoms with van der Waals surface area (Å²) in [5.74, 6) is 0.747. The summed E-state index contributed by atoms with van der Waals surface area (Å²) in [6.45, 7) is 4.93. The Kier molecular flexibility index (Phi) is 7.30. The predicted octanol–water partition coefficient (Wildman–Crippen LogP) is 5.22. The van der Waals surface area contributed by atoms with Crippen LogP contribution in [-0.4, -0.2) is 27.0 Å². The van der Waals surface area contributed by atoms with E-state index in [0.29, 0.717) is 45.5 Å². The molecule has 0 spiro atoms. The highest BCUT2D eigenvalue weighted by atomic mass is 32.2. The number of pyridine rings is 1. The monoisotopic (exact) mass is 532 g/mol. The Hall–Kier alpha value is -3.80. The highest BCUT2D eigenvalue weighted by Gasteiger charge is 2.31. The summed E-state index contributed by atoms with van der Waals surface area (Å²) in [6, 6.07) is 7.48. The number of aryl methyl sites for hydroxylation is 2. The quantitative estimate of drug-likeness (QED) is 0.348. The lowest BCUT2D eigenvalue weighted by atomic mass is 9.99. The molecule has 0 fully saturated rings. The van der Waals surface area contributed by atoms with E-state index in [1.165, 1.54) is 18.2 Å². The number of amides is 1. The number of hydrogen-bond donors (Lipinski definition) is 1. The summed E-state index contributed by atoms with van der Waals surface area (Å²) in [6.07, 6.45) is -2.70. The van der Waals surface area contributed by atoms with Crippen LogP contribution in [0.2, 0.25) is 0 Å². The molecule has 0 unspecified atom stereocenters. The Morgan fingerprint density at radius 2 is 1.86 bits per heavy atom. The topological polar surface area (TPSA) is 103 Å². The first-order valence-corrected chi connectivity index (χ1v) is 12.5. The van der Waals surface area contributed by atoms with Crippen LogP contribution >= 0.6 is 11.8 Å². The average Bonchev–Trinajstić information content (AvgIpc) is 3.43. The minimum atomic E-state index is -4.61. The van der Waals surface area contributed by atoms with E-state index in [0.717, 1.165) is 16.7 Å². The van der Waals surface area contributed by atoms with E-state index in [9.17, 15) is 22.8 Å². The average molecular weight is 533 g/mol. The van der Waals surface area contributed by atoms with Crippen molar-refractivity contribution in [3.8, 4) is 16.8 Å². The molecule has 3 heterocycles. The molecular formula is C25H23F3N4O4S. The number of carbonyl (C=O) groups excluding carboxylic acids is 1. The van der Waals surface area contributed by atoms with Crippen LogP contribution < -0.4 is 10.9 Å². The molecule has 0 aliphatic carbocycles.